The molecule has 3 heteroatoms. The summed E-state index contributed by atoms with van der Waals surface area (Å²) >= 11 is 0. The first-order valence-electron chi connectivity index (χ1n) is 8.00. The Balaban J connectivity index is 1.88. The molecule has 1 saturated carbocycles. The van der Waals surface area contributed by atoms with Gasteiger partial charge < -0.3 is 10.2 Å². The molecule has 110 valence electrons. The monoisotopic (exact) mass is 266 g/mol. The first-order valence-corrected chi connectivity index (χ1v) is 8.00. The molecule has 0 bridgehead atoms. The summed E-state index contributed by atoms with van der Waals surface area (Å²) in [7, 11) is 2.01. The van der Waals surface area contributed by atoms with Gasteiger partial charge in [0, 0.05) is 13.1 Å². The summed E-state index contributed by atoms with van der Waals surface area (Å²) < 4.78 is 0. The molecule has 2 aliphatic rings. The van der Waals surface area contributed by atoms with Crippen LogP contribution in [-0.4, -0.2) is 36.5 Å². The van der Waals surface area contributed by atoms with Crippen molar-refractivity contribution in [3.63, 3.8) is 0 Å². The quantitative estimate of drug-likeness (QED) is 0.833. The van der Waals surface area contributed by atoms with Gasteiger partial charge in [-0.3, -0.25) is 4.79 Å². The molecule has 0 aromatic heterocycles. The fourth-order valence-corrected chi connectivity index (χ4v) is 3.44. The average molecular weight is 266 g/mol. The molecule has 0 spiro atoms. The minimum atomic E-state index is 0.0717. The number of likely N-dealkylation sites (N-methyl/N-ethyl adjacent to an activating group) is 1. The van der Waals surface area contributed by atoms with Crippen LogP contribution in [0.25, 0.3) is 0 Å². The van der Waals surface area contributed by atoms with Crippen molar-refractivity contribution in [3.8, 4) is 0 Å². The van der Waals surface area contributed by atoms with Crippen LogP contribution in [0.15, 0.2) is 0 Å². The van der Waals surface area contributed by atoms with E-state index >= 15 is 0 Å². The van der Waals surface area contributed by atoms with Crippen LogP contribution in [0.3, 0.4) is 0 Å². The Morgan fingerprint density at radius 3 is 2.47 bits per heavy atom. The molecule has 0 radical (unpaired) electrons. The molecule has 1 heterocycles. The summed E-state index contributed by atoms with van der Waals surface area (Å²) in [5.74, 6) is 0.326. The minimum Gasteiger partial charge on any atom is -0.341 e. The van der Waals surface area contributed by atoms with Crippen molar-refractivity contribution in [2.24, 2.45) is 5.41 Å². The van der Waals surface area contributed by atoms with Gasteiger partial charge in [0.15, 0.2) is 0 Å². The SMILES string of the molecule is CN(C(=O)C1CCCCCN1)C1CCC(C)(C)CC1. The van der Waals surface area contributed by atoms with Crippen LogP contribution < -0.4 is 5.32 Å². The molecule has 1 N–H and O–H groups in total. The Morgan fingerprint density at radius 2 is 1.79 bits per heavy atom. The molecule has 1 atom stereocenters. The van der Waals surface area contributed by atoms with E-state index in [2.05, 4.69) is 19.2 Å². The number of carbonyl (C=O) groups excluding carboxylic acids is 1. The summed E-state index contributed by atoms with van der Waals surface area (Å²) in [6.07, 6.45) is 9.50. The molecule has 2 fully saturated rings. The predicted octanol–water partition coefficient (Wildman–Crippen LogP) is 2.95. The molecule has 1 aliphatic carbocycles. The van der Waals surface area contributed by atoms with E-state index in [1.54, 1.807) is 0 Å². The fourth-order valence-electron chi connectivity index (χ4n) is 3.44. The number of carbonyl (C=O) groups is 1. The van der Waals surface area contributed by atoms with Gasteiger partial charge in [-0.05, 0) is 50.5 Å². The van der Waals surface area contributed by atoms with Crippen molar-refractivity contribution in [2.75, 3.05) is 13.6 Å². The Morgan fingerprint density at radius 1 is 1.11 bits per heavy atom. The third kappa shape index (κ3) is 3.95. The Bertz CT molecular complexity index is 296. The lowest BCUT2D eigenvalue weighted by atomic mass is 9.75. The summed E-state index contributed by atoms with van der Waals surface area (Å²) in [6, 6.07) is 0.535. The van der Waals surface area contributed by atoms with Crippen LogP contribution in [0.4, 0.5) is 0 Å². The van der Waals surface area contributed by atoms with E-state index in [0.717, 1.165) is 13.0 Å². The van der Waals surface area contributed by atoms with Gasteiger partial charge in [0.05, 0.1) is 6.04 Å². The highest BCUT2D eigenvalue weighted by atomic mass is 16.2. The van der Waals surface area contributed by atoms with E-state index in [0.29, 0.717) is 17.4 Å². The first-order chi connectivity index (χ1) is 8.99. The lowest BCUT2D eigenvalue weighted by Crippen LogP contribution is -2.49. The van der Waals surface area contributed by atoms with Gasteiger partial charge in [-0.15, -0.1) is 0 Å². The van der Waals surface area contributed by atoms with E-state index in [9.17, 15) is 4.79 Å². The second-order valence-corrected chi connectivity index (χ2v) is 7.20. The van der Waals surface area contributed by atoms with Crippen molar-refractivity contribution >= 4 is 5.91 Å². The normalized spacial score (nSPS) is 28.7. The van der Waals surface area contributed by atoms with E-state index in [4.69, 9.17) is 0 Å². The van der Waals surface area contributed by atoms with Crippen molar-refractivity contribution in [2.45, 2.75) is 77.3 Å². The topological polar surface area (TPSA) is 32.3 Å². The van der Waals surface area contributed by atoms with Crippen molar-refractivity contribution < 1.29 is 4.79 Å². The number of nitrogens with zero attached hydrogens (tertiary/aromatic N) is 1. The number of amides is 1. The maximum Gasteiger partial charge on any atom is 0.239 e. The lowest BCUT2D eigenvalue weighted by Gasteiger charge is -2.39. The lowest BCUT2D eigenvalue weighted by molar-refractivity contribution is -0.135. The molecule has 1 saturated heterocycles. The Labute approximate surface area is 118 Å². The van der Waals surface area contributed by atoms with Gasteiger partial charge >= 0.3 is 0 Å². The van der Waals surface area contributed by atoms with E-state index < -0.39 is 0 Å². The zero-order valence-electron chi connectivity index (χ0n) is 12.9. The third-order valence-corrected chi connectivity index (χ3v) is 5.06. The molecule has 1 amide bonds. The number of hydrogen-bond acceptors (Lipinski definition) is 2. The van der Waals surface area contributed by atoms with Crippen LogP contribution in [0.2, 0.25) is 0 Å². The zero-order valence-corrected chi connectivity index (χ0v) is 12.9. The second kappa shape index (κ2) is 6.25. The Kier molecular flexibility index (Phi) is 4.88. The summed E-state index contributed by atoms with van der Waals surface area (Å²) in [6.45, 7) is 5.69. The molecule has 1 aliphatic heterocycles. The maximum absolute atomic E-state index is 12.6. The largest absolute Gasteiger partial charge is 0.341 e. The van der Waals surface area contributed by atoms with Crippen molar-refractivity contribution in [1.29, 1.82) is 0 Å². The molecule has 3 nitrogen and oxygen atoms in total. The Hall–Kier alpha value is -0.570. The third-order valence-electron chi connectivity index (χ3n) is 5.06. The maximum atomic E-state index is 12.6. The number of rotatable bonds is 2. The van der Waals surface area contributed by atoms with Gasteiger partial charge in [0.2, 0.25) is 5.91 Å². The molecule has 1 unspecified atom stereocenters. The smallest absolute Gasteiger partial charge is 0.239 e. The summed E-state index contributed by atoms with van der Waals surface area (Å²) in [5.41, 5.74) is 0.473. The first kappa shape index (κ1) is 14.8. The van der Waals surface area contributed by atoms with Crippen LogP contribution in [0.5, 0.6) is 0 Å². The van der Waals surface area contributed by atoms with Crippen LogP contribution in [-0.2, 0) is 4.79 Å². The number of hydrogen-bond donors (Lipinski definition) is 1. The van der Waals surface area contributed by atoms with Gasteiger partial charge in [0.25, 0.3) is 0 Å². The zero-order chi connectivity index (χ0) is 13.9. The molecular formula is C16H30N2O. The van der Waals surface area contributed by atoms with Gasteiger partial charge in [-0.25, -0.2) is 0 Å². The van der Waals surface area contributed by atoms with Crippen molar-refractivity contribution in [1.82, 2.24) is 10.2 Å². The van der Waals surface area contributed by atoms with Crippen LogP contribution in [0, 0.1) is 5.41 Å². The highest BCUT2D eigenvalue weighted by molar-refractivity contribution is 5.82. The molecule has 19 heavy (non-hydrogen) atoms. The molecular weight excluding hydrogens is 236 g/mol. The molecule has 0 aromatic rings. The van der Waals surface area contributed by atoms with E-state index in [1.807, 2.05) is 11.9 Å². The van der Waals surface area contributed by atoms with E-state index in [1.165, 1.54) is 44.9 Å². The average Bonchev–Trinajstić information content (AvgIpc) is 2.66. The van der Waals surface area contributed by atoms with Crippen LogP contribution in [0.1, 0.15) is 65.2 Å². The number of nitrogens with one attached hydrogen (secondary N) is 1. The molecule has 0 aromatic carbocycles. The second-order valence-electron chi connectivity index (χ2n) is 7.20. The standard InChI is InChI=1S/C16H30N2O/c1-16(2)10-8-13(9-11-16)18(3)15(19)14-7-5-4-6-12-17-14/h13-14,17H,4-12H2,1-3H3. The summed E-state index contributed by atoms with van der Waals surface area (Å²) in [5, 5.41) is 3.43. The van der Waals surface area contributed by atoms with Crippen LogP contribution >= 0.6 is 0 Å². The fraction of sp³-hybridized carbons (Fsp3) is 0.938. The predicted molar refractivity (Wildman–Crippen MR) is 79.1 cm³/mol. The van der Waals surface area contributed by atoms with Gasteiger partial charge in [-0.2, -0.15) is 0 Å². The highest BCUT2D eigenvalue weighted by Crippen LogP contribution is 2.36. The summed E-state index contributed by atoms with van der Waals surface area (Å²) in [4.78, 5) is 14.6. The van der Waals surface area contributed by atoms with Gasteiger partial charge in [0.1, 0.15) is 0 Å². The van der Waals surface area contributed by atoms with E-state index in [-0.39, 0.29) is 6.04 Å². The molecule has 2 rings (SSSR count). The van der Waals surface area contributed by atoms with Gasteiger partial charge in [-0.1, -0.05) is 26.7 Å². The highest BCUT2D eigenvalue weighted by Gasteiger charge is 2.32. The minimum absolute atomic E-state index is 0.0717. The van der Waals surface area contributed by atoms with Crippen molar-refractivity contribution in [3.05, 3.63) is 0 Å².